The van der Waals surface area contributed by atoms with Gasteiger partial charge in [0.1, 0.15) is 35.9 Å². The topological polar surface area (TPSA) is 198 Å². The quantitative estimate of drug-likeness (QED) is 0.0237. The molecule has 0 bridgehead atoms. The Morgan fingerprint density at radius 2 is 1.09 bits per heavy atom. The number of aliphatic carboxylic acids is 1. The molecule has 0 aliphatic carbocycles. The van der Waals surface area contributed by atoms with Crippen molar-refractivity contribution >= 4 is 68.2 Å². The van der Waals surface area contributed by atoms with E-state index in [0.29, 0.717) is 17.9 Å². The second kappa shape index (κ2) is 28.0. The van der Waals surface area contributed by atoms with Gasteiger partial charge in [-0.2, -0.15) is 10.2 Å². The Bertz CT molecular complexity index is 3730. The molecule has 85 heavy (non-hydrogen) atoms. The first-order chi connectivity index (χ1) is 40.8. The highest BCUT2D eigenvalue weighted by Crippen LogP contribution is 2.39. The normalized spacial score (nSPS) is 12.9. The fraction of sp³-hybridized carbons (Fsp3) is 0.275. The molecule has 0 spiro atoms. The van der Waals surface area contributed by atoms with E-state index < -0.39 is 41.4 Å². The van der Waals surface area contributed by atoms with Crippen LogP contribution >= 0.6 is 0 Å². The van der Waals surface area contributed by atoms with Gasteiger partial charge in [-0.25, -0.2) is 19.2 Å². The number of allylic oxidation sites excluding steroid dienone is 2. The molecular formula is C69H74N6O10. The van der Waals surface area contributed by atoms with E-state index in [9.17, 15) is 24.3 Å². The number of carbonyl (C=O) groups is 4. The molecule has 0 radical (unpaired) electrons. The summed E-state index contributed by atoms with van der Waals surface area (Å²) in [7, 11) is 1.30. The standard InChI is InChI=1S/C69H74N6O10/c1-10-57(46-18-13-12-14-19-46)64(51-28-34-59-53(41-51)43-70-72-59)47-26-32-56(33-27-47)83-45-61(75(37-17-23-63(78)81-9)67(80)85-69(6,7)8)50-21-15-20-49(40-50)58(11-2)65(52-29-35-60-54(42-52)44-71-73-60)48-24-30-55(31-25-48)82-39-38-74(36-16-22-62(76)77)66(79)84-68(3,4)5/h12-35,40-44,61H,10-11,36-39,45H2,1-9H3,(H,70,72)(H,71,73)(H,76,77)/b22-16+,23-17+,64-57+,65-58+. The van der Waals surface area contributed by atoms with E-state index in [1.54, 1.807) is 37.9 Å². The summed E-state index contributed by atoms with van der Waals surface area (Å²) in [4.78, 5) is 54.3. The summed E-state index contributed by atoms with van der Waals surface area (Å²) in [6.07, 6.45) is 9.05. The van der Waals surface area contributed by atoms with Gasteiger partial charge in [0.05, 0.1) is 43.1 Å². The summed E-state index contributed by atoms with van der Waals surface area (Å²) in [5, 5.41) is 25.8. The maximum Gasteiger partial charge on any atom is 0.411 e. The van der Waals surface area contributed by atoms with Crippen LogP contribution in [0.4, 0.5) is 9.59 Å². The number of ether oxygens (including phenoxy) is 5. The minimum absolute atomic E-state index is 0.00338. The summed E-state index contributed by atoms with van der Waals surface area (Å²) in [6.45, 7) is 15.2. The maximum absolute atomic E-state index is 14.6. The average molecular weight is 1150 g/mol. The molecule has 3 N–H and O–H groups in total. The van der Waals surface area contributed by atoms with E-state index in [1.807, 2.05) is 87.6 Å². The Morgan fingerprint density at radius 1 is 0.576 bits per heavy atom. The van der Waals surface area contributed by atoms with Crippen LogP contribution in [0.25, 0.3) is 44.1 Å². The minimum atomic E-state index is -1.12. The molecule has 0 fully saturated rings. The first kappa shape index (κ1) is 61.4. The molecule has 8 aromatic rings. The zero-order valence-electron chi connectivity index (χ0n) is 49.7. The van der Waals surface area contributed by atoms with Gasteiger partial charge in [-0.1, -0.05) is 111 Å². The van der Waals surface area contributed by atoms with Crippen molar-refractivity contribution in [3.63, 3.8) is 0 Å². The fourth-order valence-corrected chi connectivity index (χ4v) is 9.95. The highest BCUT2D eigenvalue weighted by molar-refractivity contribution is 6.02. The number of methoxy groups -OCH3 is 1. The van der Waals surface area contributed by atoms with Crippen LogP contribution in [0.2, 0.25) is 0 Å². The monoisotopic (exact) mass is 1150 g/mol. The molecule has 6 aromatic carbocycles. The van der Waals surface area contributed by atoms with E-state index in [0.717, 1.165) is 90.0 Å². The number of esters is 1. The number of nitrogens with zero attached hydrogens (tertiary/aromatic N) is 4. The average Bonchev–Trinajstić information content (AvgIpc) is 4.41. The van der Waals surface area contributed by atoms with Crippen LogP contribution < -0.4 is 9.47 Å². The largest absolute Gasteiger partial charge is 0.492 e. The Morgan fingerprint density at radius 3 is 1.64 bits per heavy atom. The molecule has 0 aliphatic rings. The Balaban J connectivity index is 1.17. The number of fused-ring (bicyclic) bond motifs is 2. The van der Waals surface area contributed by atoms with Gasteiger partial charge in [-0.05, 0) is 170 Å². The number of nitrogens with one attached hydrogen (secondary N) is 2. The van der Waals surface area contributed by atoms with Crippen LogP contribution in [-0.4, -0.2) is 111 Å². The molecular weight excluding hydrogens is 1070 g/mol. The van der Waals surface area contributed by atoms with Crippen LogP contribution in [0, 0.1) is 0 Å². The number of hydrogen-bond donors (Lipinski definition) is 3. The van der Waals surface area contributed by atoms with Crippen LogP contribution in [0.5, 0.6) is 11.5 Å². The number of benzene rings is 6. The second-order valence-electron chi connectivity index (χ2n) is 22.2. The zero-order chi connectivity index (χ0) is 60.7. The highest BCUT2D eigenvalue weighted by atomic mass is 16.6. The third-order valence-electron chi connectivity index (χ3n) is 13.8. The third-order valence-corrected chi connectivity index (χ3v) is 13.8. The van der Waals surface area contributed by atoms with Gasteiger partial charge >= 0.3 is 24.1 Å². The van der Waals surface area contributed by atoms with Crippen LogP contribution in [0.1, 0.15) is 113 Å². The third kappa shape index (κ3) is 16.5. The molecule has 16 nitrogen and oxygen atoms in total. The number of hydrogen-bond acceptors (Lipinski definition) is 11. The number of carboxylic acids is 1. The number of H-pyrrole nitrogens is 2. The fourth-order valence-electron chi connectivity index (χ4n) is 9.95. The van der Waals surface area contributed by atoms with Gasteiger partial charge in [-0.15, -0.1) is 0 Å². The number of carboxylic acid groups (broad SMARTS) is 1. The lowest BCUT2D eigenvalue weighted by molar-refractivity contribution is -0.135. The van der Waals surface area contributed by atoms with Crippen molar-refractivity contribution in [1.82, 2.24) is 30.2 Å². The van der Waals surface area contributed by atoms with Crippen molar-refractivity contribution in [3.8, 4) is 11.5 Å². The number of amides is 2. The maximum atomic E-state index is 14.6. The zero-order valence-corrected chi connectivity index (χ0v) is 49.7. The van der Waals surface area contributed by atoms with Crippen LogP contribution in [0.15, 0.2) is 176 Å². The molecule has 8 rings (SSSR count). The number of rotatable bonds is 23. The molecule has 440 valence electrons. The van der Waals surface area contributed by atoms with Gasteiger partial charge in [0.25, 0.3) is 0 Å². The van der Waals surface area contributed by atoms with Gasteiger partial charge < -0.3 is 33.7 Å². The molecule has 16 heteroatoms. The number of aromatic nitrogens is 4. The lowest BCUT2D eigenvalue weighted by Crippen LogP contribution is -2.41. The van der Waals surface area contributed by atoms with Crippen molar-refractivity contribution in [3.05, 3.63) is 215 Å². The second-order valence-corrected chi connectivity index (χ2v) is 22.2. The van der Waals surface area contributed by atoms with Gasteiger partial charge in [0, 0.05) is 36.0 Å². The summed E-state index contributed by atoms with van der Waals surface area (Å²) < 4.78 is 29.6. The molecule has 1 atom stereocenters. The van der Waals surface area contributed by atoms with Crippen molar-refractivity contribution in [2.75, 3.05) is 40.0 Å². The van der Waals surface area contributed by atoms with E-state index in [1.165, 1.54) is 29.7 Å². The molecule has 1 unspecified atom stereocenters. The highest BCUT2D eigenvalue weighted by Gasteiger charge is 2.31. The summed E-state index contributed by atoms with van der Waals surface area (Å²) in [5.41, 5.74) is 11.1. The van der Waals surface area contributed by atoms with Crippen LogP contribution in [-0.2, 0) is 23.8 Å². The molecule has 0 saturated heterocycles. The van der Waals surface area contributed by atoms with Gasteiger partial charge in [0.15, 0.2) is 0 Å². The smallest absolute Gasteiger partial charge is 0.411 e. The first-order valence-electron chi connectivity index (χ1n) is 28.4. The minimum Gasteiger partial charge on any atom is -0.492 e. The molecule has 2 amide bonds. The Hall–Kier alpha value is -9.70. The van der Waals surface area contributed by atoms with E-state index in [2.05, 4.69) is 113 Å². The van der Waals surface area contributed by atoms with Crippen molar-refractivity contribution in [1.29, 1.82) is 0 Å². The van der Waals surface area contributed by atoms with E-state index in [4.69, 9.17) is 23.7 Å². The summed E-state index contributed by atoms with van der Waals surface area (Å²) >= 11 is 0. The SMILES string of the molecule is CC/C(=C(/c1ccc(OCC(c2cccc(/C(CC)=C(\c3ccc(OCCN(C/C=C/C(=O)O)C(=O)OC(C)(C)C)cc3)c3ccc4[nH]ncc4c3)c2)N(C/C=C/C(=O)OC)C(=O)OC(C)(C)C)cc1)c1ccc2[nH]ncc2c1)c1ccccc1. The van der Waals surface area contributed by atoms with Crippen molar-refractivity contribution < 1.29 is 48.0 Å². The molecule has 0 saturated carbocycles. The molecule has 2 aromatic heterocycles. The first-order valence-corrected chi connectivity index (χ1v) is 28.4. The summed E-state index contributed by atoms with van der Waals surface area (Å²) in [6, 6.07) is 46.0. The Labute approximate surface area is 496 Å². The van der Waals surface area contributed by atoms with E-state index in [-0.39, 0.29) is 32.8 Å². The summed E-state index contributed by atoms with van der Waals surface area (Å²) in [5.74, 6) is -0.554. The predicted molar refractivity (Wildman–Crippen MR) is 333 cm³/mol. The predicted octanol–water partition coefficient (Wildman–Crippen LogP) is 14.5. The molecule has 0 aliphatic heterocycles. The van der Waals surface area contributed by atoms with Gasteiger partial charge in [0.2, 0.25) is 0 Å². The van der Waals surface area contributed by atoms with Crippen LogP contribution in [0.3, 0.4) is 0 Å². The molecule has 2 heterocycles. The van der Waals surface area contributed by atoms with E-state index >= 15 is 0 Å². The number of carbonyl (C=O) groups excluding carboxylic acids is 3. The number of aromatic amines is 2. The van der Waals surface area contributed by atoms with Gasteiger partial charge in [-0.3, -0.25) is 15.1 Å². The lowest BCUT2D eigenvalue weighted by Gasteiger charge is -2.33. The van der Waals surface area contributed by atoms with Crippen molar-refractivity contribution in [2.24, 2.45) is 0 Å². The Kier molecular flexibility index (Phi) is 20.3. The van der Waals surface area contributed by atoms with Crippen molar-refractivity contribution in [2.45, 2.75) is 85.5 Å². The lowest BCUT2D eigenvalue weighted by atomic mass is 9.87.